The zero-order valence-electron chi connectivity index (χ0n) is 31.7. The molecule has 3 aliphatic rings. The fraction of sp³-hybridized carbons (Fsp3) is 0.280. The number of aryl methyl sites for hydroxylation is 2. The van der Waals surface area contributed by atoms with Crippen LogP contribution in [0, 0.1) is 0 Å². The molecule has 1 fully saturated rings. The fourth-order valence-electron chi connectivity index (χ4n) is 10.0. The summed E-state index contributed by atoms with van der Waals surface area (Å²) in [6.07, 6.45) is -3.75. The number of rotatable bonds is 8. The minimum atomic E-state index is -4.58. The van der Waals surface area contributed by atoms with E-state index in [0.717, 1.165) is 73.9 Å². The van der Waals surface area contributed by atoms with E-state index in [9.17, 15) is 26.3 Å². The van der Waals surface area contributed by atoms with E-state index in [1.165, 1.54) is 67.8 Å². The summed E-state index contributed by atoms with van der Waals surface area (Å²) in [5.74, 6) is 0. The van der Waals surface area contributed by atoms with Gasteiger partial charge >= 0.3 is 12.4 Å². The molecule has 1 nitrogen and oxygen atoms in total. The Labute approximate surface area is 330 Å². The van der Waals surface area contributed by atoms with E-state index in [1.54, 1.807) is 12.1 Å². The number of fused-ring (bicyclic) bond motifs is 6. The number of benzene rings is 6. The number of nitrogens with zero attached hydrogens (tertiary/aromatic N) is 1. The molecule has 0 N–H and O–H groups in total. The third-order valence-electron chi connectivity index (χ3n) is 13.3. The summed E-state index contributed by atoms with van der Waals surface area (Å²) in [5, 5.41) is 0. The van der Waals surface area contributed by atoms with Crippen LogP contribution in [0.4, 0.5) is 26.3 Å². The van der Waals surface area contributed by atoms with Gasteiger partial charge in [-0.25, -0.2) is 0 Å². The standard InChI is InChI=1S/C50H44F6N/c51-49(52,53)42-11-5-9-40(32-42)48(41-10-6-12-43(33-41)50(54,55)56)23-27-57(28-24-48,26-22-35-16-20-47-39(30-35)31-37-8-2-4-14-45(37)47)25-21-34-15-19-46-38(29-34)18-17-36-7-1-3-13-44(36)46/h1-16,19-20,29-30,32-33H,17-18,21-28,31H2/q+1. The first kappa shape index (κ1) is 37.4. The van der Waals surface area contributed by atoms with Crippen molar-refractivity contribution in [2.24, 2.45) is 0 Å². The maximum absolute atomic E-state index is 14.1. The van der Waals surface area contributed by atoms with Crippen LogP contribution in [0.2, 0.25) is 0 Å². The summed E-state index contributed by atoms with van der Waals surface area (Å²) in [4.78, 5) is 0. The molecule has 1 heterocycles. The van der Waals surface area contributed by atoms with Crippen molar-refractivity contribution in [1.82, 2.24) is 0 Å². The lowest BCUT2D eigenvalue weighted by atomic mass is 9.67. The molecule has 1 saturated heterocycles. The van der Waals surface area contributed by atoms with Crippen LogP contribution in [0.1, 0.15) is 68.5 Å². The SMILES string of the molecule is FC(F)(F)c1cccc(C2(c3cccc(C(F)(F)F)c3)CC[N+](CCc3ccc4c(c3)CCc3ccccc3-4)(CCc3ccc4c(c3)Cc3ccccc3-4)CC2)c1. The van der Waals surface area contributed by atoms with Crippen LogP contribution < -0.4 is 0 Å². The summed E-state index contributed by atoms with van der Waals surface area (Å²) >= 11 is 0. The van der Waals surface area contributed by atoms with E-state index >= 15 is 0 Å². The second-order valence-electron chi connectivity index (χ2n) is 16.4. The maximum atomic E-state index is 14.1. The first-order chi connectivity index (χ1) is 27.4. The number of likely N-dealkylation sites (tertiary alicyclic amines) is 1. The number of piperidine rings is 1. The Hall–Kier alpha value is -5.14. The summed E-state index contributed by atoms with van der Waals surface area (Å²) < 4.78 is 85.4. The normalized spacial score (nSPS) is 16.7. The molecule has 0 amide bonds. The van der Waals surface area contributed by atoms with Crippen molar-refractivity contribution in [1.29, 1.82) is 0 Å². The van der Waals surface area contributed by atoms with Crippen molar-refractivity contribution in [3.05, 3.63) is 189 Å². The number of hydrogen-bond donors (Lipinski definition) is 0. The van der Waals surface area contributed by atoms with Gasteiger partial charge in [0.15, 0.2) is 0 Å². The Balaban J connectivity index is 1.04. The van der Waals surface area contributed by atoms with Crippen molar-refractivity contribution < 1.29 is 30.8 Å². The molecular formula is C50H44F6N+. The van der Waals surface area contributed by atoms with E-state index in [1.807, 2.05) is 0 Å². The van der Waals surface area contributed by atoms with Gasteiger partial charge in [-0.1, -0.05) is 121 Å². The van der Waals surface area contributed by atoms with Gasteiger partial charge in [-0.3, -0.25) is 0 Å². The number of quaternary nitrogens is 1. The average molecular weight is 773 g/mol. The lowest BCUT2D eigenvalue weighted by molar-refractivity contribution is -0.933. The Bertz CT molecular complexity index is 2390. The van der Waals surface area contributed by atoms with Gasteiger partial charge in [0.05, 0.1) is 37.3 Å². The molecule has 0 bridgehead atoms. The smallest absolute Gasteiger partial charge is 0.323 e. The summed E-state index contributed by atoms with van der Waals surface area (Å²) in [6, 6.07) is 41.2. The fourth-order valence-corrected chi connectivity index (χ4v) is 10.0. The van der Waals surface area contributed by atoms with E-state index in [-0.39, 0.29) is 0 Å². The summed E-state index contributed by atoms with van der Waals surface area (Å²) in [5.41, 5.74) is 11.3. The molecule has 9 rings (SSSR count). The van der Waals surface area contributed by atoms with Gasteiger partial charge in [-0.2, -0.15) is 26.3 Å². The highest BCUT2D eigenvalue weighted by Gasteiger charge is 2.46. The minimum absolute atomic E-state index is 0.419. The third kappa shape index (κ3) is 7.20. The van der Waals surface area contributed by atoms with Crippen molar-refractivity contribution in [3.8, 4) is 22.3 Å². The molecule has 57 heavy (non-hydrogen) atoms. The van der Waals surface area contributed by atoms with E-state index in [4.69, 9.17) is 0 Å². The van der Waals surface area contributed by atoms with Gasteiger partial charge in [-0.15, -0.1) is 0 Å². The molecule has 2 aliphatic carbocycles. The quantitative estimate of drug-likeness (QED) is 0.107. The Kier molecular flexibility index (Phi) is 9.43. The molecule has 0 unspecified atom stereocenters. The molecule has 0 atom stereocenters. The molecule has 290 valence electrons. The highest BCUT2D eigenvalue weighted by atomic mass is 19.4. The maximum Gasteiger partial charge on any atom is 0.416 e. The van der Waals surface area contributed by atoms with Gasteiger partial charge in [0.25, 0.3) is 0 Å². The Morgan fingerprint density at radius 1 is 0.456 bits per heavy atom. The summed E-state index contributed by atoms with van der Waals surface area (Å²) in [6.45, 7) is 2.90. The molecule has 0 aromatic heterocycles. The highest BCUT2D eigenvalue weighted by Crippen LogP contribution is 2.47. The molecule has 0 radical (unpaired) electrons. The minimum Gasteiger partial charge on any atom is -0.323 e. The van der Waals surface area contributed by atoms with Crippen LogP contribution in [0.25, 0.3) is 22.3 Å². The topological polar surface area (TPSA) is 0 Å². The predicted molar refractivity (Wildman–Crippen MR) is 214 cm³/mol. The molecule has 0 saturated carbocycles. The zero-order valence-corrected chi connectivity index (χ0v) is 31.7. The van der Waals surface area contributed by atoms with Gasteiger partial charge in [-0.05, 0) is 98.2 Å². The number of halogens is 6. The van der Waals surface area contributed by atoms with Crippen LogP contribution in [-0.4, -0.2) is 30.7 Å². The van der Waals surface area contributed by atoms with Gasteiger partial charge in [0.2, 0.25) is 0 Å². The molecule has 6 aromatic carbocycles. The second-order valence-corrected chi connectivity index (χ2v) is 16.4. The molecular weight excluding hydrogens is 729 g/mol. The van der Waals surface area contributed by atoms with Crippen molar-refractivity contribution in [2.75, 3.05) is 26.2 Å². The number of alkyl halides is 6. The second kappa shape index (κ2) is 14.4. The first-order valence-corrected chi connectivity index (χ1v) is 20.0. The van der Waals surface area contributed by atoms with Crippen LogP contribution in [0.15, 0.2) is 133 Å². The number of hydrogen-bond acceptors (Lipinski definition) is 0. The van der Waals surface area contributed by atoms with Gasteiger partial charge in [0.1, 0.15) is 0 Å². The Morgan fingerprint density at radius 3 is 1.51 bits per heavy atom. The van der Waals surface area contributed by atoms with Gasteiger partial charge < -0.3 is 4.48 Å². The van der Waals surface area contributed by atoms with Gasteiger partial charge in [0, 0.05) is 31.1 Å². The first-order valence-electron chi connectivity index (χ1n) is 20.0. The van der Waals surface area contributed by atoms with Crippen molar-refractivity contribution in [2.45, 2.75) is 62.7 Å². The molecule has 6 aromatic rings. The summed E-state index contributed by atoms with van der Waals surface area (Å²) in [7, 11) is 0. The van der Waals surface area contributed by atoms with Crippen LogP contribution >= 0.6 is 0 Å². The predicted octanol–water partition coefficient (Wildman–Crippen LogP) is 12.4. The monoisotopic (exact) mass is 772 g/mol. The third-order valence-corrected chi connectivity index (χ3v) is 13.3. The van der Waals surface area contributed by atoms with E-state index < -0.39 is 28.9 Å². The average Bonchev–Trinajstić information content (AvgIpc) is 3.60. The highest BCUT2D eigenvalue weighted by molar-refractivity contribution is 5.77. The molecule has 7 heteroatoms. The molecule has 0 spiro atoms. The molecule has 1 aliphatic heterocycles. The van der Waals surface area contributed by atoms with Crippen molar-refractivity contribution >= 4 is 0 Å². The van der Waals surface area contributed by atoms with E-state index in [0.29, 0.717) is 37.1 Å². The van der Waals surface area contributed by atoms with Crippen LogP contribution in [0.3, 0.4) is 0 Å². The van der Waals surface area contributed by atoms with Crippen LogP contribution in [0.5, 0.6) is 0 Å². The largest absolute Gasteiger partial charge is 0.416 e. The lowest BCUT2D eigenvalue weighted by Crippen LogP contribution is -2.58. The Morgan fingerprint density at radius 2 is 0.930 bits per heavy atom. The van der Waals surface area contributed by atoms with Crippen LogP contribution in [-0.2, 0) is 49.9 Å². The lowest BCUT2D eigenvalue weighted by Gasteiger charge is -2.49. The van der Waals surface area contributed by atoms with E-state index in [2.05, 4.69) is 84.9 Å². The zero-order chi connectivity index (χ0) is 39.4. The van der Waals surface area contributed by atoms with Crippen molar-refractivity contribution in [3.63, 3.8) is 0 Å².